The average Bonchev–Trinajstić information content (AvgIpc) is 2.97. The Bertz CT molecular complexity index is 853. The summed E-state index contributed by atoms with van der Waals surface area (Å²) in [7, 11) is -3.70. The second-order valence-electron chi connectivity index (χ2n) is 4.42. The summed E-state index contributed by atoms with van der Waals surface area (Å²) in [5, 5.41) is 5.08. The maximum atomic E-state index is 11.3. The van der Waals surface area contributed by atoms with Crippen LogP contribution >= 0.6 is 0 Å². The molecular formula is C15H11N2O3S. The molecule has 0 saturated carbocycles. The van der Waals surface area contributed by atoms with Gasteiger partial charge in [-0.15, -0.1) is 0 Å². The first kappa shape index (κ1) is 13.5. The van der Waals surface area contributed by atoms with Crippen molar-refractivity contribution in [1.82, 2.24) is 4.98 Å². The fraction of sp³-hybridized carbons (Fsp3) is 0. The van der Waals surface area contributed by atoms with Crippen LogP contribution in [0.3, 0.4) is 0 Å². The van der Waals surface area contributed by atoms with Gasteiger partial charge >= 0.3 is 0 Å². The summed E-state index contributed by atoms with van der Waals surface area (Å²) in [4.78, 5) is 4.15. The number of sulfonamides is 1. The van der Waals surface area contributed by atoms with E-state index in [-0.39, 0.29) is 4.90 Å². The van der Waals surface area contributed by atoms with Crippen LogP contribution in [0, 0.1) is 6.39 Å². The molecule has 0 fully saturated rings. The molecule has 6 heteroatoms. The lowest BCUT2D eigenvalue weighted by Crippen LogP contribution is -2.11. The Morgan fingerprint density at radius 1 is 0.952 bits per heavy atom. The first-order valence-electron chi connectivity index (χ1n) is 6.11. The average molecular weight is 299 g/mol. The number of hydrogen-bond donors (Lipinski definition) is 1. The van der Waals surface area contributed by atoms with Crippen LogP contribution in [-0.4, -0.2) is 13.4 Å². The molecule has 2 N–H and O–H groups in total. The topological polar surface area (TPSA) is 86.2 Å². The van der Waals surface area contributed by atoms with Gasteiger partial charge in [0, 0.05) is 11.1 Å². The normalized spacial score (nSPS) is 11.5. The molecule has 2 aromatic carbocycles. The quantitative estimate of drug-likeness (QED) is 0.805. The Balaban J connectivity index is 2.05. The van der Waals surface area contributed by atoms with Crippen LogP contribution in [-0.2, 0) is 10.0 Å². The van der Waals surface area contributed by atoms with E-state index >= 15 is 0 Å². The van der Waals surface area contributed by atoms with Crippen molar-refractivity contribution in [3.63, 3.8) is 0 Å². The summed E-state index contributed by atoms with van der Waals surface area (Å²) >= 11 is 0. The first-order chi connectivity index (χ1) is 10.1. The van der Waals surface area contributed by atoms with Gasteiger partial charge < -0.3 is 4.42 Å². The highest BCUT2D eigenvalue weighted by molar-refractivity contribution is 7.89. The Morgan fingerprint density at radius 3 is 2.24 bits per heavy atom. The smallest absolute Gasteiger partial charge is 0.284 e. The Kier molecular flexibility index (Phi) is 3.32. The highest BCUT2D eigenvalue weighted by Crippen LogP contribution is 2.31. The molecule has 0 saturated heterocycles. The SMILES string of the molecule is NS(=O)(=O)c1ccc(-c2o[c]nc2-c2ccccc2)cc1. The summed E-state index contributed by atoms with van der Waals surface area (Å²) in [6, 6.07) is 15.6. The van der Waals surface area contributed by atoms with Gasteiger partial charge in [0.15, 0.2) is 5.76 Å². The summed E-state index contributed by atoms with van der Waals surface area (Å²) in [6.07, 6.45) is 2.47. The zero-order valence-corrected chi connectivity index (χ0v) is 11.7. The van der Waals surface area contributed by atoms with Gasteiger partial charge in [0.25, 0.3) is 6.39 Å². The summed E-state index contributed by atoms with van der Waals surface area (Å²) in [5.74, 6) is 0.530. The van der Waals surface area contributed by atoms with Crippen LogP contribution in [0.1, 0.15) is 0 Å². The van der Waals surface area contributed by atoms with Gasteiger partial charge in [-0.05, 0) is 24.3 Å². The number of aromatic nitrogens is 1. The first-order valence-corrected chi connectivity index (χ1v) is 7.66. The van der Waals surface area contributed by atoms with E-state index in [0.29, 0.717) is 17.0 Å². The lowest BCUT2D eigenvalue weighted by Gasteiger charge is -2.03. The van der Waals surface area contributed by atoms with Crippen LogP contribution in [0.15, 0.2) is 63.9 Å². The molecule has 0 atom stereocenters. The van der Waals surface area contributed by atoms with Gasteiger partial charge in [-0.3, -0.25) is 0 Å². The highest BCUT2D eigenvalue weighted by atomic mass is 32.2. The maximum absolute atomic E-state index is 11.3. The number of hydrogen-bond acceptors (Lipinski definition) is 4. The molecular weight excluding hydrogens is 288 g/mol. The molecule has 0 bridgehead atoms. The third kappa shape index (κ3) is 2.72. The van der Waals surface area contributed by atoms with Crippen LogP contribution in [0.2, 0.25) is 0 Å². The van der Waals surface area contributed by atoms with Crippen molar-refractivity contribution in [3.05, 3.63) is 61.0 Å². The molecule has 1 heterocycles. The van der Waals surface area contributed by atoms with E-state index in [1.807, 2.05) is 30.3 Å². The number of nitrogens with zero attached hydrogens (tertiary/aromatic N) is 1. The fourth-order valence-corrected chi connectivity index (χ4v) is 2.51. The Labute approximate surface area is 122 Å². The van der Waals surface area contributed by atoms with E-state index in [0.717, 1.165) is 5.56 Å². The van der Waals surface area contributed by atoms with Gasteiger partial charge in [0.1, 0.15) is 5.69 Å². The van der Waals surface area contributed by atoms with Gasteiger partial charge in [-0.1, -0.05) is 30.3 Å². The molecule has 5 nitrogen and oxygen atoms in total. The number of oxazole rings is 1. The molecule has 105 valence electrons. The summed E-state index contributed by atoms with van der Waals surface area (Å²) in [6.45, 7) is 0. The van der Waals surface area contributed by atoms with E-state index in [1.54, 1.807) is 12.1 Å². The minimum atomic E-state index is -3.70. The highest BCUT2D eigenvalue weighted by Gasteiger charge is 2.14. The van der Waals surface area contributed by atoms with E-state index in [9.17, 15) is 8.42 Å². The lowest BCUT2D eigenvalue weighted by molar-refractivity contribution is 0.561. The molecule has 0 amide bonds. The predicted molar refractivity (Wildman–Crippen MR) is 77.6 cm³/mol. The van der Waals surface area contributed by atoms with Gasteiger partial charge in [-0.25, -0.2) is 18.5 Å². The van der Waals surface area contributed by atoms with Crippen molar-refractivity contribution in [1.29, 1.82) is 0 Å². The van der Waals surface area contributed by atoms with Crippen molar-refractivity contribution in [3.8, 4) is 22.6 Å². The second kappa shape index (κ2) is 5.16. The van der Waals surface area contributed by atoms with E-state index in [1.165, 1.54) is 12.1 Å². The number of rotatable bonds is 3. The third-order valence-electron chi connectivity index (χ3n) is 3.01. The molecule has 0 unspecified atom stereocenters. The minimum Gasteiger partial charge on any atom is -0.432 e. The molecule has 0 spiro atoms. The zero-order chi connectivity index (χ0) is 14.9. The van der Waals surface area contributed by atoms with E-state index in [4.69, 9.17) is 9.56 Å². The van der Waals surface area contributed by atoms with Crippen LogP contribution in [0.25, 0.3) is 22.6 Å². The molecule has 21 heavy (non-hydrogen) atoms. The largest absolute Gasteiger partial charge is 0.432 e. The van der Waals surface area contributed by atoms with Crippen molar-refractivity contribution < 1.29 is 12.8 Å². The number of nitrogens with two attached hydrogens (primary N) is 1. The van der Waals surface area contributed by atoms with Crippen molar-refractivity contribution >= 4 is 10.0 Å². The van der Waals surface area contributed by atoms with Crippen molar-refractivity contribution in [2.75, 3.05) is 0 Å². The number of benzene rings is 2. The molecule has 0 aliphatic carbocycles. The predicted octanol–water partition coefficient (Wildman–Crippen LogP) is 2.46. The molecule has 1 aromatic heterocycles. The molecule has 1 radical (unpaired) electrons. The fourth-order valence-electron chi connectivity index (χ4n) is 2.00. The van der Waals surface area contributed by atoms with Gasteiger partial charge in [-0.2, -0.15) is 0 Å². The van der Waals surface area contributed by atoms with Crippen LogP contribution in [0.4, 0.5) is 0 Å². The monoisotopic (exact) mass is 299 g/mol. The summed E-state index contributed by atoms with van der Waals surface area (Å²) < 4.78 is 27.8. The summed E-state index contributed by atoms with van der Waals surface area (Å²) in [5.41, 5.74) is 2.25. The van der Waals surface area contributed by atoms with Gasteiger partial charge in [0.2, 0.25) is 10.0 Å². The lowest BCUT2D eigenvalue weighted by atomic mass is 10.1. The van der Waals surface area contributed by atoms with E-state index < -0.39 is 10.0 Å². The van der Waals surface area contributed by atoms with Gasteiger partial charge in [0.05, 0.1) is 4.90 Å². The Morgan fingerprint density at radius 2 is 1.62 bits per heavy atom. The molecule has 3 rings (SSSR count). The van der Waals surface area contributed by atoms with E-state index in [2.05, 4.69) is 11.4 Å². The minimum absolute atomic E-state index is 0.0519. The number of primary sulfonamides is 1. The van der Waals surface area contributed by atoms with Crippen molar-refractivity contribution in [2.24, 2.45) is 5.14 Å². The molecule has 0 aliphatic rings. The standard InChI is InChI=1S/C15H11N2O3S/c16-21(18,19)13-8-6-12(7-9-13)15-14(17-10-20-15)11-4-2-1-3-5-11/h1-9H,(H2,16,18,19). The second-order valence-corrected chi connectivity index (χ2v) is 5.98. The van der Waals surface area contributed by atoms with Crippen LogP contribution in [0.5, 0.6) is 0 Å². The molecule has 0 aliphatic heterocycles. The zero-order valence-electron chi connectivity index (χ0n) is 10.9. The van der Waals surface area contributed by atoms with Crippen LogP contribution < -0.4 is 5.14 Å². The Hall–Kier alpha value is -2.44. The van der Waals surface area contributed by atoms with Crippen molar-refractivity contribution in [2.45, 2.75) is 4.90 Å². The molecule has 3 aromatic rings. The third-order valence-corrected chi connectivity index (χ3v) is 3.94. The maximum Gasteiger partial charge on any atom is 0.284 e.